The molecule has 0 aromatic heterocycles. The highest BCUT2D eigenvalue weighted by atomic mass is 35.5. The van der Waals surface area contributed by atoms with Crippen molar-refractivity contribution in [1.29, 1.82) is 5.26 Å². The first-order chi connectivity index (χ1) is 7.81. The van der Waals surface area contributed by atoms with Gasteiger partial charge in [-0.1, -0.05) is 11.6 Å². The van der Waals surface area contributed by atoms with Crippen LogP contribution in [0.3, 0.4) is 0 Å². The van der Waals surface area contributed by atoms with E-state index in [9.17, 15) is 8.42 Å². The second kappa shape index (κ2) is 5.39. The first kappa shape index (κ1) is 13.8. The van der Waals surface area contributed by atoms with E-state index in [1.165, 1.54) is 12.3 Å². The second-order valence-electron chi connectivity index (χ2n) is 3.94. The summed E-state index contributed by atoms with van der Waals surface area (Å²) in [5.41, 5.74) is 0.992. The lowest BCUT2D eigenvalue weighted by atomic mass is 10.2. The molecule has 1 rings (SSSR count). The average molecular weight is 273 g/mol. The van der Waals surface area contributed by atoms with Gasteiger partial charge in [-0.3, -0.25) is 0 Å². The Labute approximate surface area is 106 Å². The van der Waals surface area contributed by atoms with E-state index in [1.807, 2.05) is 6.07 Å². The molecule has 17 heavy (non-hydrogen) atoms. The number of hydrogen-bond acceptors (Lipinski definition) is 4. The molecule has 0 amide bonds. The van der Waals surface area contributed by atoms with Crippen LogP contribution in [0.15, 0.2) is 18.2 Å². The number of hydrogen-bond donors (Lipinski definition) is 1. The molecular formula is C11H13ClN2O2S. The minimum Gasteiger partial charge on any atom is -0.380 e. The topological polar surface area (TPSA) is 70.0 Å². The molecule has 92 valence electrons. The van der Waals surface area contributed by atoms with Crippen molar-refractivity contribution in [3.8, 4) is 6.07 Å². The van der Waals surface area contributed by atoms with E-state index in [-0.39, 0.29) is 11.8 Å². The maximum atomic E-state index is 11.1. The van der Waals surface area contributed by atoms with Gasteiger partial charge < -0.3 is 5.32 Å². The third kappa shape index (κ3) is 4.63. The predicted octanol–water partition coefficient (Wildman–Crippen LogP) is 2.06. The third-order valence-electron chi connectivity index (χ3n) is 2.06. The molecule has 0 aliphatic rings. The molecule has 0 spiro atoms. The first-order valence-electron chi connectivity index (χ1n) is 4.96. The molecule has 0 aliphatic heterocycles. The van der Waals surface area contributed by atoms with Crippen LogP contribution < -0.4 is 5.32 Å². The molecular weight excluding hydrogens is 260 g/mol. The summed E-state index contributed by atoms with van der Waals surface area (Å²) >= 11 is 5.76. The summed E-state index contributed by atoms with van der Waals surface area (Å²) in [5, 5.41) is 12.4. The van der Waals surface area contributed by atoms with Crippen LogP contribution in [-0.4, -0.2) is 26.5 Å². The summed E-state index contributed by atoms with van der Waals surface area (Å²) in [6.07, 6.45) is 1.18. The third-order valence-corrected chi connectivity index (χ3v) is 3.40. The minimum atomic E-state index is -3.04. The Morgan fingerprint density at radius 2 is 2.18 bits per heavy atom. The van der Waals surface area contributed by atoms with Gasteiger partial charge in [-0.2, -0.15) is 5.26 Å². The highest BCUT2D eigenvalue weighted by molar-refractivity contribution is 7.90. The fourth-order valence-electron chi connectivity index (χ4n) is 1.50. The summed E-state index contributed by atoms with van der Waals surface area (Å²) in [6.45, 7) is 1.75. The van der Waals surface area contributed by atoms with Crippen LogP contribution in [0.4, 0.5) is 5.69 Å². The highest BCUT2D eigenvalue weighted by Gasteiger charge is 2.12. The molecule has 0 saturated carbocycles. The molecule has 6 heteroatoms. The Morgan fingerprint density at radius 3 is 2.71 bits per heavy atom. The van der Waals surface area contributed by atoms with E-state index in [0.29, 0.717) is 16.3 Å². The smallest absolute Gasteiger partial charge is 0.149 e. The summed E-state index contributed by atoms with van der Waals surface area (Å²) < 4.78 is 22.2. The van der Waals surface area contributed by atoms with Crippen molar-refractivity contribution in [3.05, 3.63) is 28.8 Å². The predicted molar refractivity (Wildman–Crippen MR) is 69.0 cm³/mol. The van der Waals surface area contributed by atoms with Crippen molar-refractivity contribution < 1.29 is 8.42 Å². The van der Waals surface area contributed by atoms with Crippen LogP contribution in [0.5, 0.6) is 0 Å². The highest BCUT2D eigenvalue weighted by Crippen LogP contribution is 2.20. The molecule has 1 unspecified atom stereocenters. The minimum absolute atomic E-state index is 0.0144. The van der Waals surface area contributed by atoms with Crippen molar-refractivity contribution in [3.63, 3.8) is 0 Å². The van der Waals surface area contributed by atoms with Gasteiger partial charge in [-0.15, -0.1) is 0 Å². The fourth-order valence-corrected chi connectivity index (χ4v) is 2.66. The number of nitrogens with one attached hydrogen (secondary N) is 1. The van der Waals surface area contributed by atoms with Gasteiger partial charge in [0.25, 0.3) is 0 Å². The lowest BCUT2D eigenvalue weighted by molar-refractivity contribution is 0.598. The zero-order chi connectivity index (χ0) is 13.1. The molecule has 0 heterocycles. The van der Waals surface area contributed by atoms with Crippen molar-refractivity contribution >= 4 is 27.1 Å². The fraction of sp³-hybridized carbons (Fsp3) is 0.364. The van der Waals surface area contributed by atoms with Crippen LogP contribution >= 0.6 is 11.6 Å². The molecule has 1 atom stereocenters. The number of sulfone groups is 1. The summed E-state index contributed by atoms with van der Waals surface area (Å²) in [7, 11) is -3.04. The Kier molecular flexibility index (Phi) is 4.38. The maximum absolute atomic E-state index is 11.1. The van der Waals surface area contributed by atoms with E-state index in [4.69, 9.17) is 16.9 Å². The van der Waals surface area contributed by atoms with E-state index in [1.54, 1.807) is 19.1 Å². The van der Waals surface area contributed by atoms with Gasteiger partial charge in [0.2, 0.25) is 0 Å². The number of anilines is 1. The van der Waals surface area contributed by atoms with Crippen molar-refractivity contribution in [2.45, 2.75) is 13.0 Å². The van der Waals surface area contributed by atoms with E-state index in [2.05, 4.69) is 5.32 Å². The van der Waals surface area contributed by atoms with Gasteiger partial charge in [-0.25, -0.2) is 8.42 Å². The quantitative estimate of drug-likeness (QED) is 0.911. The SMILES string of the molecule is CC(CS(C)(=O)=O)Nc1ccc(Cl)cc1C#N. The van der Waals surface area contributed by atoms with Crippen molar-refractivity contribution in [2.75, 3.05) is 17.3 Å². The Hall–Kier alpha value is -1.25. The zero-order valence-electron chi connectivity index (χ0n) is 9.57. The van der Waals surface area contributed by atoms with Gasteiger partial charge in [0.05, 0.1) is 17.0 Å². The maximum Gasteiger partial charge on any atom is 0.149 e. The summed E-state index contributed by atoms with van der Waals surface area (Å²) in [6, 6.07) is 6.60. The number of rotatable bonds is 4. The number of nitriles is 1. The standard InChI is InChI=1S/C11H13ClN2O2S/c1-8(7-17(2,15)16)14-11-4-3-10(12)5-9(11)6-13/h3-5,8,14H,7H2,1-2H3. The van der Waals surface area contributed by atoms with Gasteiger partial charge in [0.1, 0.15) is 15.9 Å². The van der Waals surface area contributed by atoms with Gasteiger partial charge in [0.15, 0.2) is 0 Å². The van der Waals surface area contributed by atoms with Crippen molar-refractivity contribution in [1.82, 2.24) is 0 Å². The van der Waals surface area contributed by atoms with Gasteiger partial charge in [-0.05, 0) is 25.1 Å². The van der Waals surface area contributed by atoms with Gasteiger partial charge in [0, 0.05) is 17.3 Å². The van der Waals surface area contributed by atoms with E-state index in [0.717, 1.165) is 0 Å². The Morgan fingerprint density at radius 1 is 1.53 bits per heavy atom. The molecule has 1 N–H and O–H groups in total. The number of halogens is 1. The monoisotopic (exact) mass is 272 g/mol. The van der Waals surface area contributed by atoms with Crippen molar-refractivity contribution in [2.24, 2.45) is 0 Å². The van der Waals surface area contributed by atoms with Crippen LogP contribution in [0, 0.1) is 11.3 Å². The molecule has 0 fully saturated rings. The molecule has 4 nitrogen and oxygen atoms in total. The van der Waals surface area contributed by atoms with Crippen LogP contribution in [0.25, 0.3) is 0 Å². The first-order valence-corrected chi connectivity index (χ1v) is 7.39. The van der Waals surface area contributed by atoms with E-state index >= 15 is 0 Å². The molecule has 0 aliphatic carbocycles. The number of benzene rings is 1. The van der Waals surface area contributed by atoms with E-state index < -0.39 is 9.84 Å². The van der Waals surface area contributed by atoms with Crippen LogP contribution in [-0.2, 0) is 9.84 Å². The van der Waals surface area contributed by atoms with Crippen LogP contribution in [0.2, 0.25) is 5.02 Å². The lowest BCUT2D eigenvalue weighted by Crippen LogP contribution is -2.25. The molecule has 0 saturated heterocycles. The average Bonchev–Trinajstić information content (AvgIpc) is 2.17. The van der Waals surface area contributed by atoms with Crippen LogP contribution in [0.1, 0.15) is 12.5 Å². The lowest BCUT2D eigenvalue weighted by Gasteiger charge is -2.15. The Balaban J connectivity index is 2.86. The second-order valence-corrected chi connectivity index (χ2v) is 6.56. The molecule has 0 bridgehead atoms. The molecule has 1 aromatic carbocycles. The zero-order valence-corrected chi connectivity index (χ0v) is 11.1. The number of nitrogens with zero attached hydrogens (tertiary/aromatic N) is 1. The largest absolute Gasteiger partial charge is 0.380 e. The van der Waals surface area contributed by atoms with Gasteiger partial charge >= 0.3 is 0 Å². The Bertz CT molecular complexity index is 549. The summed E-state index contributed by atoms with van der Waals surface area (Å²) in [5.74, 6) is 0.0144. The molecule has 1 aromatic rings. The molecule has 0 radical (unpaired) electrons. The normalized spacial score (nSPS) is 12.8. The summed E-state index contributed by atoms with van der Waals surface area (Å²) in [4.78, 5) is 0.